The van der Waals surface area contributed by atoms with Gasteiger partial charge in [0.15, 0.2) is 0 Å². The molecule has 0 radical (unpaired) electrons. The third-order valence-electron chi connectivity index (χ3n) is 7.79. The molecule has 0 atom stereocenters. The molecule has 4 aromatic carbocycles. The Balaban J connectivity index is 1.55. The molecule has 0 spiro atoms. The molecule has 0 heterocycles. The number of halogens is 4. The maximum absolute atomic E-state index is 13.6. The molecule has 0 aromatic heterocycles. The maximum atomic E-state index is 13.6. The summed E-state index contributed by atoms with van der Waals surface area (Å²) in [6.45, 7) is 9.27. The van der Waals surface area contributed by atoms with E-state index in [1.807, 2.05) is 74.5 Å². The van der Waals surface area contributed by atoms with Crippen LogP contribution in [0.25, 0.3) is 0 Å². The number of aliphatic hydroxyl groups is 1. The monoisotopic (exact) mass is 607 g/mol. The van der Waals surface area contributed by atoms with Crippen molar-refractivity contribution in [2.45, 2.75) is 44.3 Å². The average Bonchev–Trinajstić information content (AvgIpc) is 2.99. The number of rotatable bonds is 13. The van der Waals surface area contributed by atoms with Gasteiger partial charge in [-0.1, -0.05) is 103 Å². The predicted molar refractivity (Wildman–Crippen MR) is 168 cm³/mol. The summed E-state index contributed by atoms with van der Waals surface area (Å²) in [5.41, 5.74) is 2.10. The van der Waals surface area contributed by atoms with Crippen molar-refractivity contribution in [3.63, 3.8) is 0 Å². The number of benzene rings is 4. The van der Waals surface area contributed by atoms with Crippen LogP contribution in [0.5, 0.6) is 5.75 Å². The fourth-order valence-electron chi connectivity index (χ4n) is 5.05. The zero-order chi connectivity index (χ0) is 31.0. The number of alkyl halides is 3. The van der Waals surface area contributed by atoms with E-state index in [0.717, 1.165) is 22.8 Å². The Bertz CT molecular complexity index is 1450. The summed E-state index contributed by atoms with van der Waals surface area (Å²) in [5.74, 6) is 0.740. The van der Waals surface area contributed by atoms with E-state index >= 15 is 0 Å². The van der Waals surface area contributed by atoms with E-state index in [2.05, 4.69) is 35.7 Å². The van der Waals surface area contributed by atoms with Gasteiger partial charge in [0.2, 0.25) is 0 Å². The highest BCUT2D eigenvalue weighted by Gasteiger charge is 2.34. The molecular weight excluding hydrogens is 571 g/mol. The third-order valence-corrected chi connectivity index (χ3v) is 8.23. The second kappa shape index (κ2) is 14.2. The molecule has 0 aliphatic rings. The minimum atomic E-state index is -4.53. The fraction of sp³-hybridized carbons (Fsp3) is 0.278. The molecule has 0 bridgehead atoms. The molecule has 7 heteroatoms. The minimum absolute atomic E-state index is 0.00149. The van der Waals surface area contributed by atoms with E-state index in [1.54, 1.807) is 6.07 Å². The highest BCUT2D eigenvalue weighted by Crippen LogP contribution is 2.37. The first kappa shape index (κ1) is 32.2. The first-order valence-electron chi connectivity index (χ1n) is 14.3. The molecule has 43 heavy (non-hydrogen) atoms. The lowest BCUT2D eigenvalue weighted by Gasteiger charge is -2.29. The standard InChI is InChI=1S/C36H37ClF3NO2/c1-26(42)35(2,3)30-18-11-19-31(23-30)43-22-12-21-41(24-29-17-10-20-33(34(29)37)36(38,39)40)25-32(27-13-6-4-7-14-27)28-15-8-5-9-16-28/h4-11,13-20,23,32,42H,1,12,21-22,24-25H2,2-3H3. The van der Waals surface area contributed by atoms with Crippen LogP contribution in [0, 0.1) is 0 Å². The van der Waals surface area contributed by atoms with Crippen LogP contribution >= 0.6 is 11.6 Å². The van der Waals surface area contributed by atoms with Crippen molar-refractivity contribution < 1.29 is 23.0 Å². The molecule has 0 saturated heterocycles. The van der Waals surface area contributed by atoms with Gasteiger partial charge in [-0.2, -0.15) is 13.2 Å². The molecule has 0 amide bonds. The molecule has 0 aliphatic heterocycles. The molecule has 4 rings (SSSR count). The minimum Gasteiger partial charge on any atom is -0.512 e. The van der Waals surface area contributed by atoms with E-state index in [-0.39, 0.29) is 23.2 Å². The van der Waals surface area contributed by atoms with Crippen LogP contribution in [0.3, 0.4) is 0 Å². The number of ether oxygens (including phenoxy) is 1. The molecular formula is C36H37ClF3NO2. The normalized spacial score (nSPS) is 12.1. The zero-order valence-corrected chi connectivity index (χ0v) is 25.2. The number of nitrogens with zero attached hydrogens (tertiary/aromatic N) is 1. The number of aliphatic hydroxyl groups excluding tert-OH is 1. The van der Waals surface area contributed by atoms with Crippen molar-refractivity contribution in [3.8, 4) is 5.75 Å². The van der Waals surface area contributed by atoms with E-state index in [9.17, 15) is 18.3 Å². The van der Waals surface area contributed by atoms with Crippen molar-refractivity contribution in [2.75, 3.05) is 19.7 Å². The summed E-state index contributed by atoms with van der Waals surface area (Å²) in [6.07, 6.45) is -3.90. The fourth-order valence-corrected chi connectivity index (χ4v) is 5.34. The van der Waals surface area contributed by atoms with Crippen LogP contribution in [0.4, 0.5) is 13.2 Å². The first-order valence-corrected chi connectivity index (χ1v) is 14.6. The predicted octanol–water partition coefficient (Wildman–Crippen LogP) is 9.81. The Morgan fingerprint density at radius 3 is 2.07 bits per heavy atom. The van der Waals surface area contributed by atoms with Crippen molar-refractivity contribution in [2.24, 2.45) is 0 Å². The van der Waals surface area contributed by atoms with Gasteiger partial charge in [-0.15, -0.1) is 0 Å². The topological polar surface area (TPSA) is 32.7 Å². The maximum Gasteiger partial charge on any atom is 0.417 e. The number of hydrogen-bond acceptors (Lipinski definition) is 3. The van der Waals surface area contributed by atoms with Gasteiger partial charge in [-0.3, -0.25) is 4.90 Å². The summed E-state index contributed by atoms with van der Waals surface area (Å²) in [7, 11) is 0. The van der Waals surface area contributed by atoms with Crippen LogP contribution in [-0.2, 0) is 18.1 Å². The number of hydrogen-bond donors (Lipinski definition) is 1. The summed E-state index contributed by atoms with van der Waals surface area (Å²) in [5, 5.41) is 9.76. The Morgan fingerprint density at radius 2 is 1.49 bits per heavy atom. The summed E-state index contributed by atoms with van der Waals surface area (Å²) >= 11 is 6.33. The van der Waals surface area contributed by atoms with Gasteiger partial charge >= 0.3 is 6.18 Å². The average molecular weight is 608 g/mol. The summed E-state index contributed by atoms with van der Waals surface area (Å²) in [4.78, 5) is 2.14. The van der Waals surface area contributed by atoms with E-state index in [1.165, 1.54) is 6.07 Å². The van der Waals surface area contributed by atoms with Gasteiger partial charge in [0, 0.05) is 31.0 Å². The molecule has 0 unspecified atom stereocenters. The van der Waals surface area contributed by atoms with Gasteiger partial charge in [0.25, 0.3) is 0 Å². The molecule has 0 fully saturated rings. The second-order valence-corrected chi connectivity index (χ2v) is 11.6. The SMILES string of the molecule is C=C(O)C(C)(C)c1cccc(OCCCN(Cc2cccc(C(F)(F)F)c2Cl)CC(c2ccccc2)c2ccccc2)c1. The molecule has 226 valence electrons. The molecule has 4 aromatic rings. The van der Waals surface area contributed by atoms with Crippen molar-refractivity contribution >= 4 is 11.6 Å². The largest absolute Gasteiger partial charge is 0.512 e. The molecule has 0 saturated carbocycles. The first-order chi connectivity index (χ1) is 20.5. The third kappa shape index (κ3) is 8.43. The lowest BCUT2D eigenvalue weighted by atomic mass is 9.83. The van der Waals surface area contributed by atoms with Crippen LogP contribution in [0.15, 0.2) is 115 Å². The van der Waals surface area contributed by atoms with Crippen molar-refractivity contribution in [1.82, 2.24) is 4.90 Å². The van der Waals surface area contributed by atoms with Gasteiger partial charge in [-0.25, -0.2) is 0 Å². The molecule has 3 nitrogen and oxygen atoms in total. The van der Waals surface area contributed by atoms with E-state index in [0.29, 0.717) is 37.4 Å². The van der Waals surface area contributed by atoms with Gasteiger partial charge in [0.1, 0.15) is 5.75 Å². The van der Waals surface area contributed by atoms with Crippen molar-refractivity contribution in [1.29, 1.82) is 0 Å². The van der Waals surface area contributed by atoms with Gasteiger partial charge < -0.3 is 9.84 Å². The highest BCUT2D eigenvalue weighted by atomic mass is 35.5. The number of allylic oxidation sites excluding steroid dienone is 1. The van der Waals surface area contributed by atoms with Crippen LogP contribution < -0.4 is 4.74 Å². The lowest BCUT2D eigenvalue weighted by molar-refractivity contribution is -0.137. The van der Waals surface area contributed by atoms with E-state index in [4.69, 9.17) is 16.3 Å². The van der Waals surface area contributed by atoms with Crippen LogP contribution in [-0.4, -0.2) is 29.7 Å². The van der Waals surface area contributed by atoms with Gasteiger partial charge in [0.05, 0.1) is 23.0 Å². The van der Waals surface area contributed by atoms with Crippen molar-refractivity contribution in [3.05, 3.63) is 148 Å². The quantitative estimate of drug-likeness (QED) is 0.121. The summed E-state index contributed by atoms with van der Waals surface area (Å²) in [6, 6.07) is 31.8. The smallest absolute Gasteiger partial charge is 0.417 e. The van der Waals surface area contributed by atoms with E-state index < -0.39 is 17.2 Å². The highest BCUT2D eigenvalue weighted by molar-refractivity contribution is 6.32. The Kier molecular flexibility index (Phi) is 10.6. The Morgan fingerprint density at radius 1 is 0.884 bits per heavy atom. The van der Waals surface area contributed by atoms with Crippen LogP contribution in [0.2, 0.25) is 5.02 Å². The lowest BCUT2D eigenvalue weighted by Crippen LogP contribution is -2.31. The van der Waals surface area contributed by atoms with Crippen LogP contribution in [0.1, 0.15) is 54.0 Å². The molecule has 1 N–H and O–H groups in total. The second-order valence-electron chi connectivity index (χ2n) is 11.2. The molecule has 0 aliphatic carbocycles. The summed E-state index contributed by atoms with van der Waals surface area (Å²) < 4.78 is 47.0. The Labute approximate surface area is 257 Å². The Hall–Kier alpha value is -3.74. The van der Waals surface area contributed by atoms with Gasteiger partial charge in [-0.05, 0) is 60.7 Å². The zero-order valence-electron chi connectivity index (χ0n) is 24.4.